The fourth-order valence-corrected chi connectivity index (χ4v) is 3.34. The number of amides is 1. The van der Waals surface area contributed by atoms with E-state index in [9.17, 15) is 9.90 Å². The summed E-state index contributed by atoms with van der Waals surface area (Å²) in [6.07, 6.45) is -0.353. The predicted octanol–water partition coefficient (Wildman–Crippen LogP) is 3.52. The number of aliphatic hydroxyl groups excluding tert-OH is 1. The molecule has 4 heteroatoms. The van der Waals surface area contributed by atoms with Crippen molar-refractivity contribution in [3.63, 3.8) is 0 Å². The molecule has 4 rings (SSSR count). The highest BCUT2D eigenvalue weighted by Crippen LogP contribution is 2.36. The number of para-hydroxylation sites is 2. The lowest BCUT2D eigenvalue weighted by atomic mass is 10.0. The number of benzene rings is 3. The van der Waals surface area contributed by atoms with Crippen LogP contribution < -0.4 is 9.64 Å². The van der Waals surface area contributed by atoms with E-state index < -0.39 is 6.10 Å². The maximum atomic E-state index is 12.9. The van der Waals surface area contributed by atoms with Crippen molar-refractivity contribution in [2.75, 3.05) is 11.5 Å². The van der Waals surface area contributed by atoms with Gasteiger partial charge in [-0.3, -0.25) is 4.79 Å². The maximum absolute atomic E-state index is 12.9. The molecular weight excluding hydrogens is 314 g/mol. The maximum Gasteiger partial charge on any atom is 0.268 e. The summed E-state index contributed by atoms with van der Waals surface area (Å²) in [5.41, 5.74) is 1.86. The molecule has 1 N–H and O–H groups in total. The topological polar surface area (TPSA) is 49.8 Å². The van der Waals surface area contributed by atoms with Gasteiger partial charge in [0, 0.05) is 13.0 Å². The monoisotopic (exact) mass is 333 g/mol. The molecule has 0 bridgehead atoms. The molecule has 1 aliphatic rings. The third kappa shape index (κ3) is 2.85. The molecule has 126 valence electrons. The number of carbonyl (C=O) groups excluding carboxylic acids is 1. The number of carbonyl (C=O) groups is 1. The van der Waals surface area contributed by atoms with Gasteiger partial charge < -0.3 is 14.7 Å². The van der Waals surface area contributed by atoms with Crippen LogP contribution in [0.25, 0.3) is 10.8 Å². The Morgan fingerprint density at radius 1 is 0.960 bits per heavy atom. The van der Waals surface area contributed by atoms with Crippen LogP contribution in [0.4, 0.5) is 5.69 Å². The molecule has 1 amide bonds. The molecule has 0 saturated carbocycles. The number of hydrogen-bond donors (Lipinski definition) is 1. The van der Waals surface area contributed by atoms with Gasteiger partial charge in [0.25, 0.3) is 5.91 Å². The molecule has 0 aliphatic carbocycles. The van der Waals surface area contributed by atoms with E-state index in [1.165, 1.54) is 0 Å². The number of anilines is 1. The summed E-state index contributed by atoms with van der Waals surface area (Å²) in [5.74, 6) is 0.571. The van der Waals surface area contributed by atoms with Crippen molar-refractivity contribution in [1.29, 1.82) is 0 Å². The number of fused-ring (bicyclic) bond motifs is 2. The van der Waals surface area contributed by atoms with Crippen LogP contribution in [0.5, 0.6) is 5.75 Å². The van der Waals surface area contributed by atoms with E-state index in [4.69, 9.17) is 4.74 Å². The smallest absolute Gasteiger partial charge is 0.268 e. The van der Waals surface area contributed by atoms with Gasteiger partial charge >= 0.3 is 0 Å². The molecule has 0 spiro atoms. The van der Waals surface area contributed by atoms with Crippen molar-refractivity contribution in [1.82, 2.24) is 0 Å². The summed E-state index contributed by atoms with van der Waals surface area (Å²) in [6.45, 7) is 0.392. The zero-order valence-electron chi connectivity index (χ0n) is 13.8. The lowest BCUT2D eigenvalue weighted by molar-refractivity contribution is -0.127. The van der Waals surface area contributed by atoms with Gasteiger partial charge in [0.2, 0.25) is 0 Å². The van der Waals surface area contributed by atoms with Crippen LogP contribution in [0.15, 0.2) is 66.7 Å². The fourth-order valence-electron chi connectivity index (χ4n) is 3.34. The quantitative estimate of drug-likeness (QED) is 0.795. The molecule has 0 saturated heterocycles. The van der Waals surface area contributed by atoms with Gasteiger partial charge in [-0.1, -0.05) is 54.6 Å². The van der Waals surface area contributed by atoms with Crippen LogP contribution in [0.2, 0.25) is 0 Å². The van der Waals surface area contributed by atoms with Crippen molar-refractivity contribution in [3.05, 3.63) is 72.3 Å². The first-order valence-corrected chi connectivity index (χ1v) is 8.42. The lowest BCUT2D eigenvalue weighted by Gasteiger charge is -2.34. The standard InChI is InChI=1S/C21H19NO3/c23-13-12-20-21(24)22(18-10-3-4-11-19(18)25-20)14-16-8-5-7-15-6-1-2-9-17(15)16/h1-11,20,23H,12-14H2. The third-order valence-electron chi connectivity index (χ3n) is 4.57. The minimum absolute atomic E-state index is 0.0827. The zero-order chi connectivity index (χ0) is 17.2. The summed E-state index contributed by atoms with van der Waals surface area (Å²) in [5, 5.41) is 11.5. The highest BCUT2D eigenvalue weighted by Gasteiger charge is 2.33. The van der Waals surface area contributed by atoms with Crippen LogP contribution >= 0.6 is 0 Å². The summed E-state index contributed by atoms with van der Waals surface area (Å²) in [6, 6.07) is 21.9. The third-order valence-corrected chi connectivity index (χ3v) is 4.57. The molecule has 4 nitrogen and oxygen atoms in total. The number of hydrogen-bond acceptors (Lipinski definition) is 3. The van der Waals surface area contributed by atoms with Crippen molar-refractivity contribution < 1.29 is 14.6 Å². The summed E-state index contributed by atoms with van der Waals surface area (Å²) in [7, 11) is 0. The van der Waals surface area contributed by atoms with Crippen LogP contribution in [-0.2, 0) is 11.3 Å². The summed E-state index contributed by atoms with van der Waals surface area (Å²) in [4.78, 5) is 14.7. The highest BCUT2D eigenvalue weighted by atomic mass is 16.5. The van der Waals surface area contributed by atoms with Gasteiger partial charge in [-0.05, 0) is 28.5 Å². The van der Waals surface area contributed by atoms with E-state index >= 15 is 0 Å². The molecule has 3 aromatic carbocycles. The molecule has 25 heavy (non-hydrogen) atoms. The van der Waals surface area contributed by atoms with Crippen molar-refractivity contribution in [2.24, 2.45) is 0 Å². The molecule has 1 heterocycles. The van der Waals surface area contributed by atoms with Crippen LogP contribution in [0.3, 0.4) is 0 Å². The Morgan fingerprint density at radius 2 is 1.72 bits per heavy atom. The molecular formula is C21H19NO3. The van der Waals surface area contributed by atoms with Crippen LogP contribution in [-0.4, -0.2) is 23.7 Å². The Kier molecular flexibility index (Phi) is 4.12. The molecule has 1 aliphatic heterocycles. The van der Waals surface area contributed by atoms with E-state index in [1.54, 1.807) is 4.90 Å². The lowest BCUT2D eigenvalue weighted by Crippen LogP contribution is -2.45. The van der Waals surface area contributed by atoms with E-state index in [0.717, 1.165) is 22.0 Å². The number of nitrogens with zero attached hydrogens (tertiary/aromatic N) is 1. The molecule has 0 fully saturated rings. The largest absolute Gasteiger partial charge is 0.478 e. The molecule has 1 unspecified atom stereocenters. The Morgan fingerprint density at radius 3 is 2.60 bits per heavy atom. The minimum atomic E-state index is -0.644. The first-order chi connectivity index (χ1) is 12.3. The first kappa shape index (κ1) is 15.7. The minimum Gasteiger partial charge on any atom is -0.478 e. The second-order valence-electron chi connectivity index (χ2n) is 6.15. The molecule has 1 atom stereocenters. The van der Waals surface area contributed by atoms with Gasteiger partial charge in [0.1, 0.15) is 5.75 Å². The molecule has 0 aromatic heterocycles. The average Bonchev–Trinajstić information content (AvgIpc) is 2.65. The van der Waals surface area contributed by atoms with E-state index in [1.807, 2.05) is 42.5 Å². The number of aliphatic hydroxyl groups is 1. The Bertz CT molecular complexity index is 916. The Labute approximate surface area is 146 Å². The second-order valence-corrected chi connectivity index (χ2v) is 6.15. The van der Waals surface area contributed by atoms with Crippen LogP contribution in [0.1, 0.15) is 12.0 Å². The van der Waals surface area contributed by atoms with E-state index in [2.05, 4.69) is 24.3 Å². The van der Waals surface area contributed by atoms with Crippen molar-refractivity contribution in [3.8, 4) is 5.75 Å². The van der Waals surface area contributed by atoms with Crippen molar-refractivity contribution >= 4 is 22.4 Å². The van der Waals surface area contributed by atoms with Gasteiger partial charge in [-0.2, -0.15) is 0 Å². The van der Waals surface area contributed by atoms with Gasteiger partial charge in [0.15, 0.2) is 6.10 Å². The van der Waals surface area contributed by atoms with Crippen molar-refractivity contribution in [2.45, 2.75) is 19.1 Å². The first-order valence-electron chi connectivity index (χ1n) is 8.42. The van der Waals surface area contributed by atoms with Crippen LogP contribution in [0, 0.1) is 0 Å². The Hall–Kier alpha value is -2.85. The number of rotatable bonds is 4. The zero-order valence-corrected chi connectivity index (χ0v) is 13.8. The summed E-state index contributed by atoms with van der Waals surface area (Å²) < 4.78 is 5.79. The second kappa shape index (κ2) is 6.57. The predicted molar refractivity (Wildman–Crippen MR) is 97.7 cm³/mol. The molecule has 3 aromatic rings. The van der Waals surface area contributed by atoms with Gasteiger partial charge in [-0.25, -0.2) is 0 Å². The normalized spacial score (nSPS) is 16.6. The summed E-state index contributed by atoms with van der Waals surface area (Å²) >= 11 is 0. The van der Waals surface area contributed by atoms with E-state index in [0.29, 0.717) is 18.7 Å². The number of ether oxygens (including phenoxy) is 1. The Balaban J connectivity index is 1.76. The molecule has 0 radical (unpaired) electrons. The van der Waals surface area contributed by atoms with Gasteiger partial charge in [-0.15, -0.1) is 0 Å². The SMILES string of the molecule is O=C1C(CCO)Oc2ccccc2N1Cc1cccc2ccccc12. The fraction of sp³-hybridized carbons (Fsp3) is 0.190. The average molecular weight is 333 g/mol. The van der Waals surface area contributed by atoms with Gasteiger partial charge in [0.05, 0.1) is 12.2 Å². The highest BCUT2D eigenvalue weighted by molar-refractivity contribution is 6.00. The van der Waals surface area contributed by atoms with E-state index in [-0.39, 0.29) is 12.5 Å².